The van der Waals surface area contributed by atoms with E-state index in [1.54, 1.807) is 0 Å². The second-order valence-electron chi connectivity index (χ2n) is 8.51. The minimum atomic E-state index is -0.0693. The van der Waals surface area contributed by atoms with Crippen LogP contribution in [0.1, 0.15) is 39.0 Å². The van der Waals surface area contributed by atoms with Gasteiger partial charge in [-0.05, 0) is 50.9 Å². The van der Waals surface area contributed by atoms with Crippen molar-refractivity contribution in [3.8, 4) is 0 Å². The third-order valence-corrected chi connectivity index (χ3v) is 7.21. The summed E-state index contributed by atoms with van der Waals surface area (Å²) in [5.41, 5.74) is 6.35. The molecule has 0 spiro atoms. The highest BCUT2D eigenvalue weighted by Crippen LogP contribution is 2.48. The normalized spacial score (nSPS) is 36.9. The number of nitrogens with two attached hydrogens (primary N) is 1. The van der Waals surface area contributed by atoms with Crippen molar-refractivity contribution in [2.24, 2.45) is 23.5 Å². The molecule has 2 saturated heterocycles. The van der Waals surface area contributed by atoms with Crippen molar-refractivity contribution < 1.29 is 9.59 Å². The Balaban J connectivity index is 1.30. The van der Waals surface area contributed by atoms with Gasteiger partial charge in [-0.2, -0.15) is 0 Å². The van der Waals surface area contributed by atoms with Crippen LogP contribution in [0.2, 0.25) is 0 Å². The predicted octanol–water partition coefficient (Wildman–Crippen LogP) is 0.515. The molecule has 4 fully saturated rings. The summed E-state index contributed by atoms with van der Waals surface area (Å²) < 4.78 is 0. The van der Waals surface area contributed by atoms with Crippen LogP contribution < -0.4 is 5.73 Å². The minimum Gasteiger partial charge on any atom is -0.341 e. The molecule has 2 heterocycles. The molecule has 2 bridgehead atoms. The van der Waals surface area contributed by atoms with Gasteiger partial charge in [-0.3, -0.25) is 14.5 Å². The first-order valence-corrected chi connectivity index (χ1v) is 10.1. The van der Waals surface area contributed by atoms with Gasteiger partial charge < -0.3 is 15.5 Å². The van der Waals surface area contributed by atoms with Gasteiger partial charge >= 0.3 is 0 Å². The van der Waals surface area contributed by atoms with E-state index in [2.05, 4.69) is 4.90 Å². The monoisotopic (exact) mass is 348 g/mol. The number of carbonyl (C=O) groups excluding carboxylic acids is 2. The van der Waals surface area contributed by atoms with Crippen LogP contribution in [0, 0.1) is 17.8 Å². The molecule has 140 valence electrons. The van der Waals surface area contributed by atoms with E-state index in [-0.39, 0.29) is 29.8 Å². The Kier molecular flexibility index (Phi) is 4.75. The van der Waals surface area contributed by atoms with Crippen LogP contribution in [0.3, 0.4) is 0 Å². The molecule has 2 N–H and O–H groups in total. The Hall–Kier alpha value is -1.14. The lowest BCUT2D eigenvalue weighted by Crippen LogP contribution is -2.57. The highest BCUT2D eigenvalue weighted by molar-refractivity contribution is 5.82. The quantitative estimate of drug-likeness (QED) is 0.807. The average molecular weight is 348 g/mol. The first-order chi connectivity index (χ1) is 12.1. The van der Waals surface area contributed by atoms with E-state index in [0.717, 1.165) is 58.5 Å². The number of hydrogen-bond donors (Lipinski definition) is 1. The lowest BCUT2D eigenvalue weighted by molar-refractivity contribution is -0.141. The van der Waals surface area contributed by atoms with E-state index in [1.165, 1.54) is 12.8 Å². The maximum Gasteiger partial charge on any atom is 0.239 e. The summed E-state index contributed by atoms with van der Waals surface area (Å²) in [7, 11) is 0. The molecule has 4 rings (SSSR count). The maximum absolute atomic E-state index is 13.0. The molecular formula is C19H32N4O2. The van der Waals surface area contributed by atoms with E-state index in [9.17, 15) is 9.59 Å². The third kappa shape index (κ3) is 3.08. The molecule has 2 aliphatic heterocycles. The molecule has 5 atom stereocenters. The van der Waals surface area contributed by atoms with E-state index >= 15 is 0 Å². The average Bonchev–Trinajstić information content (AvgIpc) is 3.37. The van der Waals surface area contributed by atoms with Crippen LogP contribution in [-0.4, -0.2) is 77.9 Å². The van der Waals surface area contributed by atoms with E-state index in [4.69, 9.17) is 5.73 Å². The largest absolute Gasteiger partial charge is 0.341 e. The summed E-state index contributed by atoms with van der Waals surface area (Å²) in [6, 6.07) is 0.0000459. The molecule has 4 aliphatic rings. The van der Waals surface area contributed by atoms with Crippen molar-refractivity contribution in [3.63, 3.8) is 0 Å². The summed E-state index contributed by atoms with van der Waals surface area (Å²) in [5, 5.41) is 0. The van der Waals surface area contributed by atoms with Gasteiger partial charge in [-0.15, -0.1) is 0 Å². The van der Waals surface area contributed by atoms with Crippen molar-refractivity contribution in [2.45, 2.75) is 51.1 Å². The van der Waals surface area contributed by atoms with Gasteiger partial charge in [-0.25, -0.2) is 0 Å². The number of nitrogens with zero attached hydrogens (tertiary/aromatic N) is 3. The van der Waals surface area contributed by atoms with Crippen molar-refractivity contribution in [3.05, 3.63) is 0 Å². The predicted molar refractivity (Wildman–Crippen MR) is 95.7 cm³/mol. The van der Waals surface area contributed by atoms with Gasteiger partial charge in [0.05, 0.1) is 12.0 Å². The maximum atomic E-state index is 13.0. The minimum absolute atomic E-state index is 0.0500. The Morgan fingerprint density at radius 2 is 1.56 bits per heavy atom. The Bertz CT molecular complexity index is 524. The van der Waals surface area contributed by atoms with Gasteiger partial charge in [0.2, 0.25) is 11.8 Å². The lowest BCUT2D eigenvalue weighted by Gasteiger charge is -2.40. The molecule has 0 aromatic rings. The smallest absolute Gasteiger partial charge is 0.239 e. The topological polar surface area (TPSA) is 69.9 Å². The molecule has 0 aromatic heterocycles. The zero-order chi connectivity index (χ0) is 17.6. The summed E-state index contributed by atoms with van der Waals surface area (Å²) in [6.07, 6.45) is 5.80. The fraction of sp³-hybridized carbons (Fsp3) is 0.895. The van der Waals surface area contributed by atoms with Gasteiger partial charge in [-0.1, -0.05) is 0 Å². The number of carbonyl (C=O) groups is 2. The van der Waals surface area contributed by atoms with Crippen LogP contribution in [0.5, 0.6) is 0 Å². The van der Waals surface area contributed by atoms with E-state index in [0.29, 0.717) is 11.8 Å². The molecule has 0 radical (unpaired) electrons. The zero-order valence-corrected chi connectivity index (χ0v) is 15.4. The van der Waals surface area contributed by atoms with E-state index in [1.807, 2.05) is 16.7 Å². The number of rotatable bonds is 3. The van der Waals surface area contributed by atoms with E-state index < -0.39 is 0 Å². The number of likely N-dealkylation sites (tertiary alicyclic amines) is 1. The van der Waals surface area contributed by atoms with Crippen LogP contribution in [0.15, 0.2) is 0 Å². The second kappa shape index (κ2) is 6.88. The molecule has 2 saturated carbocycles. The van der Waals surface area contributed by atoms with Gasteiger partial charge in [0.15, 0.2) is 0 Å². The Labute approximate surface area is 150 Å². The van der Waals surface area contributed by atoms with Crippen LogP contribution in [0.4, 0.5) is 0 Å². The molecule has 0 aromatic carbocycles. The number of fused-ring (bicyclic) bond motifs is 2. The van der Waals surface area contributed by atoms with Crippen molar-refractivity contribution >= 4 is 11.8 Å². The first-order valence-electron chi connectivity index (χ1n) is 10.1. The Morgan fingerprint density at radius 3 is 2.16 bits per heavy atom. The summed E-state index contributed by atoms with van der Waals surface area (Å²) in [4.78, 5) is 31.8. The zero-order valence-electron chi connectivity index (χ0n) is 15.4. The van der Waals surface area contributed by atoms with Crippen molar-refractivity contribution in [2.75, 3.05) is 39.3 Å². The van der Waals surface area contributed by atoms with Gasteiger partial charge in [0.25, 0.3) is 0 Å². The summed E-state index contributed by atoms with van der Waals surface area (Å²) in [5.74, 6) is 1.67. The fourth-order valence-electron chi connectivity index (χ4n) is 5.60. The Morgan fingerprint density at radius 1 is 0.920 bits per heavy atom. The lowest BCUT2D eigenvalue weighted by atomic mass is 9.84. The number of hydrogen-bond acceptors (Lipinski definition) is 4. The van der Waals surface area contributed by atoms with Crippen LogP contribution in [0.25, 0.3) is 0 Å². The number of piperazine rings is 1. The fourth-order valence-corrected chi connectivity index (χ4v) is 5.60. The highest BCUT2D eigenvalue weighted by Gasteiger charge is 2.50. The summed E-state index contributed by atoms with van der Waals surface area (Å²) in [6.45, 7) is 6.89. The molecule has 2 amide bonds. The van der Waals surface area contributed by atoms with Gasteiger partial charge in [0, 0.05) is 45.3 Å². The summed E-state index contributed by atoms with van der Waals surface area (Å²) >= 11 is 0. The third-order valence-electron chi connectivity index (χ3n) is 7.21. The standard InChI is InChI=1S/C19H32N4O2/c1-13(18(24)22-6-2-3-7-22)21-8-10-23(11-9-21)19(25)16-14-4-5-15(12-14)17(16)20/h13-17H,2-12,20H2,1H3. The van der Waals surface area contributed by atoms with Crippen molar-refractivity contribution in [1.29, 1.82) is 0 Å². The molecule has 5 unspecified atom stereocenters. The molecule has 6 nitrogen and oxygen atoms in total. The first kappa shape index (κ1) is 17.3. The second-order valence-corrected chi connectivity index (χ2v) is 8.51. The van der Waals surface area contributed by atoms with Crippen LogP contribution in [-0.2, 0) is 9.59 Å². The SMILES string of the molecule is CC(C(=O)N1CCCC1)N1CCN(C(=O)C2C3CCC(C3)C2N)CC1. The molecular weight excluding hydrogens is 316 g/mol. The molecule has 2 aliphatic carbocycles. The van der Waals surface area contributed by atoms with Gasteiger partial charge in [0.1, 0.15) is 0 Å². The van der Waals surface area contributed by atoms with Crippen LogP contribution >= 0.6 is 0 Å². The number of amides is 2. The van der Waals surface area contributed by atoms with Crippen molar-refractivity contribution in [1.82, 2.24) is 14.7 Å². The molecule has 6 heteroatoms. The highest BCUT2D eigenvalue weighted by atomic mass is 16.2. The molecule has 25 heavy (non-hydrogen) atoms.